The van der Waals surface area contributed by atoms with Crippen LogP contribution in [0, 0.1) is 5.92 Å². The summed E-state index contributed by atoms with van der Waals surface area (Å²) in [5.41, 5.74) is 0. The number of hydrogen-bond donors (Lipinski definition) is 1. The van der Waals surface area contributed by atoms with E-state index < -0.39 is 39.6 Å². The van der Waals surface area contributed by atoms with Crippen molar-refractivity contribution in [1.82, 2.24) is 5.31 Å². The summed E-state index contributed by atoms with van der Waals surface area (Å²) in [4.78, 5) is 0. The molecule has 1 saturated heterocycles. The van der Waals surface area contributed by atoms with Gasteiger partial charge in [0, 0.05) is 12.9 Å². The molecule has 1 fully saturated rings. The lowest BCUT2D eigenvalue weighted by atomic mass is 9.97. The van der Waals surface area contributed by atoms with Crippen LogP contribution in [0.25, 0.3) is 0 Å². The fourth-order valence-corrected chi connectivity index (χ4v) is 8.07. The van der Waals surface area contributed by atoms with Crippen molar-refractivity contribution in [3.8, 4) is 0 Å². The first-order valence-corrected chi connectivity index (χ1v) is 11.1. The van der Waals surface area contributed by atoms with E-state index in [1.54, 1.807) is 6.92 Å². The zero-order valence-electron chi connectivity index (χ0n) is 22.1. The maximum absolute atomic E-state index is 9.00. The highest BCUT2D eigenvalue weighted by molar-refractivity contribution is 6.99. The highest BCUT2D eigenvalue weighted by atomic mass is 28.4. The Bertz CT molecular complexity index is 882. The Morgan fingerprint density at radius 1 is 1.08 bits per heavy atom. The average molecular weight is 374 g/mol. The van der Waals surface area contributed by atoms with E-state index in [1.165, 1.54) is 0 Å². The molecule has 0 aliphatic carbocycles. The van der Waals surface area contributed by atoms with Gasteiger partial charge in [0.2, 0.25) is 0 Å². The number of rotatable bonds is 5. The van der Waals surface area contributed by atoms with Gasteiger partial charge in [0.1, 0.15) is 1.41 Å². The van der Waals surface area contributed by atoms with Gasteiger partial charge in [-0.05, 0) is 40.6 Å². The van der Waals surface area contributed by atoms with E-state index in [0.29, 0.717) is 0 Å². The van der Waals surface area contributed by atoms with Crippen molar-refractivity contribution < 1.29 is 12.7 Å². The quantitative estimate of drug-likeness (QED) is 0.801. The fourth-order valence-electron chi connectivity index (χ4n) is 3.56. The first-order chi connectivity index (χ1) is 14.7. The van der Waals surface area contributed by atoms with Crippen molar-refractivity contribution in [2.24, 2.45) is 5.92 Å². The van der Waals surface area contributed by atoms with E-state index in [-0.39, 0.29) is 11.6 Å². The summed E-state index contributed by atoms with van der Waals surface area (Å²) in [6, 6.07) is 17.5. The molecule has 0 radical (unpaired) electrons. The minimum absolute atomic E-state index is 0.0416. The standard InChI is InChI=1S/C23H33NOSi/c1-19-15-16-20(24-17-19)18-25-26(23(2,3)4,21-11-7-5-8-12-21)22-13-9-6-10-14-22/h5-14,19-20,24H,15-18H2,1-4H3/t19-,20-/m0/s1/i15D2,16D2,20D/hD. The van der Waals surface area contributed by atoms with E-state index in [4.69, 9.17) is 12.7 Å². The van der Waals surface area contributed by atoms with Crippen LogP contribution in [0.5, 0.6) is 0 Å². The van der Waals surface area contributed by atoms with Gasteiger partial charge in [-0.15, -0.1) is 0 Å². The highest BCUT2D eigenvalue weighted by Gasteiger charge is 2.50. The summed E-state index contributed by atoms with van der Waals surface area (Å²) in [5, 5.41) is 2.49. The zero-order chi connectivity index (χ0) is 24.0. The van der Waals surface area contributed by atoms with Crippen molar-refractivity contribution in [2.75, 3.05) is 13.2 Å². The molecule has 2 aromatic carbocycles. The van der Waals surface area contributed by atoms with Crippen LogP contribution in [0.4, 0.5) is 0 Å². The first kappa shape index (κ1) is 12.9. The van der Waals surface area contributed by atoms with Gasteiger partial charge in [0.25, 0.3) is 8.32 Å². The topological polar surface area (TPSA) is 21.3 Å². The number of benzene rings is 2. The Morgan fingerprint density at radius 2 is 1.62 bits per heavy atom. The van der Waals surface area contributed by atoms with E-state index >= 15 is 0 Å². The molecule has 0 unspecified atom stereocenters. The van der Waals surface area contributed by atoms with E-state index in [1.807, 2.05) is 60.7 Å². The summed E-state index contributed by atoms with van der Waals surface area (Å²) in [5.74, 6) is -0.721. The molecule has 0 spiro atoms. The summed E-state index contributed by atoms with van der Waals surface area (Å²) in [6.07, 6.45) is -4.87. The zero-order valence-corrected chi connectivity index (χ0v) is 17.1. The molecular formula is C23H33NOSi. The van der Waals surface area contributed by atoms with Gasteiger partial charge in [-0.1, -0.05) is 88.4 Å². The van der Waals surface area contributed by atoms with Gasteiger partial charge in [-0.3, -0.25) is 0 Å². The lowest BCUT2D eigenvalue weighted by Gasteiger charge is -2.44. The van der Waals surface area contributed by atoms with Crippen LogP contribution in [0.2, 0.25) is 6.45 Å². The predicted octanol–water partition coefficient (Wildman–Crippen LogP) is 3.95. The molecule has 3 rings (SSSR count). The molecule has 0 amide bonds. The van der Waals surface area contributed by atoms with Crippen molar-refractivity contribution in [2.45, 2.75) is 51.5 Å². The van der Waals surface area contributed by atoms with E-state index in [0.717, 1.165) is 15.7 Å². The van der Waals surface area contributed by atoms with Crippen LogP contribution in [0.1, 0.15) is 47.3 Å². The minimum atomic E-state index is -3.05. The third kappa shape index (κ3) is 3.95. The summed E-state index contributed by atoms with van der Waals surface area (Å²) < 4.78 is 58.1. The summed E-state index contributed by atoms with van der Waals surface area (Å²) in [6.45, 7) is 7.40. The van der Waals surface area contributed by atoms with E-state index in [9.17, 15) is 0 Å². The third-order valence-electron chi connectivity index (χ3n) is 4.86. The molecule has 2 atom stereocenters. The van der Waals surface area contributed by atoms with E-state index in [2.05, 4.69) is 20.8 Å². The average Bonchev–Trinajstić information content (AvgIpc) is 2.73. The van der Waals surface area contributed by atoms with Gasteiger partial charge >= 0.3 is 0 Å². The SMILES string of the molecule is [2H]N1C[C@@H](C)C([2H])([2H])C([2H])([2H])[C@@]1([2H])CO[Si](c1ccccc1)(c1ccccc1)C(C)(C)C. The largest absolute Gasteiger partial charge is 0.406 e. The monoisotopic (exact) mass is 373 g/mol. The summed E-state index contributed by atoms with van der Waals surface area (Å²) >= 11 is 0. The third-order valence-corrected chi connectivity index (χ3v) is 9.84. The van der Waals surface area contributed by atoms with Crippen molar-refractivity contribution in [3.05, 3.63) is 60.7 Å². The van der Waals surface area contributed by atoms with Crippen LogP contribution < -0.4 is 15.7 Å². The second kappa shape index (κ2) is 8.08. The smallest absolute Gasteiger partial charge is 0.261 e. The van der Waals surface area contributed by atoms with Gasteiger partial charge in [-0.2, -0.15) is 0 Å². The molecule has 2 nitrogen and oxygen atoms in total. The second-order valence-electron chi connectivity index (χ2n) is 7.91. The molecule has 0 saturated carbocycles. The first-order valence-electron chi connectivity index (χ1n) is 12.2. The molecule has 2 aromatic rings. The molecule has 140 valence electrons. The normalized spacial score (nSPS) is 32.4. The lowest BCUT2D eigenvalue weighted by molar-refractivity contribution is 0.210. The fraction of sp³-hybridized carbons (Fsp3) is 0.478. The van der Waals surface area contributed by atoms with Gasteiger partial charge in [0.05, 0.1) is 6.61 Å². The Kier molecular flexibility index (Phi) is 4.00. The van der Waals surface area contributed by atoms with Crippen LogP contribution in [0.15, 0.2) is 60.7 Å². The van der Waals surface area contributed by atoms with Crippen LogP contribution in [0.3, 0.4) is 0 Å². The van der Waals surface area contributed by atoms with Gasteiger partial charge in [-0.25, -0.2) is 0 Å². The molecular weight excluding hydrogens is 334 g/mol. The lowest BCUT2D eigenvalue weighted by Crippen LogP contribution is -2.67. The Morgan fingerprint density at radius 3 is 2.12 bits per heavy atom. The van der Waals surface area contributed by atoms with Crippen molar-refractivity contribution in [3.63, 3.8) is 0 Å². The number of hydrogen-bond acceptors (Lipinski definition) is 2. The van der Waals surface area contributed by atoms with Gasteiger partial charge in [0.15, 0.2) is 0 Å². The highest BCUT2D eigenvalue weighted by Crippen LogP contribution is 2.37. The van der Waals surface area contributed by atoms with Crippen molar-refractivity contribution >= 4 is 18.7 Å². The van der Waals surface area contributed by atoms with Crippen molar-refractivity contribution in [1.29, 1.82) is 0 Å². The van der Waals surface area contributed by atoms with Gasteiger partial charge < -0.3 is 9.74 Å². The Labute approximate surface area is 168 Å². The Hall–Kier alpha value is -1.42. The molecule has 1 aliphatic rings. The molecule has 0 bridgehead atoms. The number of nitrogens with one attached hydrogen (secondary N) is 1. The molecule has 0 aromatic heterocycles. The summed E-state index contributed by atoms with van der Waals surface area (Å²) in [7, 11) is -3.05. The van der Waals surface area contributed by atoms with Crippen LogP contribution in [-0.4, -0.2) is 27.5 Å². The minimum Gasteiger partial charge on any atom is -0.406 e. The molecule has 26 heavy (non-hydrogen) atoms. The molecule has 1 heterocycles. The van der Waals surface area contributed by atoms with Crippen LogP contribution in [-0.2, 0) is 4.43 Å². The maximum Gasteiger partial charge on any atom is 0.261 e. The molecule has 1 N–H and O–H groups in total. The predicted molar refractivity (Wildman–Crippen MR) is 114 cm³/mol. The number of piperidine rings is 1. The van der Waals surface area contributed by atoms with Crippen LogP contribution >= 0.6 is 0 Å². The Balaban J connectivity index is 2.15. The molecule has 1 aliphatic heterocycles. The second-order valence-corrected chi connectivity index (χ2v) is 12.2. The molecule has 3 heteroatoms. The maximum atomic E-state index is 9.00.